The van der Waals surface area contributed by atoms with E-state index in [1.165, 1.54) is 12.1 Å². The Morgan fingerprint density at radius 1 is 1.12 bits per heavy atom. The van der Waals surface area contributed by atoms with Gasteiger partial charge in [-0.1, -0.05) is 6.92 Å². The lowest BCUT2D eigenvalue weighted by Crippen LogP contribution is -2.57. The molecule has 2 saturated heterocycles. The molecular formula is C17H30N4O5. The number of urea groups is 1. The van der Waals surface area contributed by atoms with Crippen LogP contribution in [0.4, 0.5) is 9.59 Å². The molecule has 1 N–H and O–H groups in total. The predicted molar refractivity (Wildman–Crippen MR) is 94.2 cm³/mol. The molecule has 0 aromatic heterocycles. The fraction of sp³-hybridized carbons (Fsp3) is 0.824. The third-order valence-electron chi connectivity index (χ3n) is 4.41. The number of nitrogens with zero attached hydrogens (tertiary/aromatic N) is 3. The molecule has 4 amide bonds. The molecule has 148 valence electrons. The molecule has 2 atom stereocenters. The van der Waals surface area contributed by atoms with E-state index >= 15 is 0 Å². The van der Waals surface area contributed by atoms with Gasteiger partial charge in [0.2, 0.25) is 0 Å². The first-order valence-corrected chi connectivity index (χ1v) is 9.01. The van der Waals surface area contributed by atoms with Crippen molar-refractivity contribution < 1.29 is 23.9 Å². The van der Waals surface area contributed by atoms with Crippen molar-refractivity contribution in [2.24, 2.45) is 5.92 Å². The van der Waals surface area contributed by atoms with E-state index < -0.39 is 11.7 Å². The molecule has 0 aromatic rings. The van der Waals surface area contributed by atoms with E-state index in [-0.39, 0.29) is 23.9 Å². The van der Waals surface area contributed by atoms with Crippen LogP contribution in [0.5, 0.6) is 0 Å². The Labute approximate surface area is 154 Å². The lowest BCUT2D eigenvalue weighted by atomic mass is 10.0. The number of nitrogens with one attached hydrogen (secondary N) is 1. The number of hydrogen-bond donors (Lipinski definition) is 1. The molecule has 0 aliphatic carbocycles. The SMILES string of the molecule is C[C@H]1CCO[C@H]1C(=O)NN(C)C(=O)N1CCN(C(=O)OC(C)(C)C)CC1. The van der Waals surface area contributed by atoms with E-state index in [0.29, 0.717) is 32.8 Å². The van der Waals surface area contributed by atoms with E-state index in [0.717, 1.165) is 6.42 Å². The van der Waals surface area contributed by atoms with E-state index in [9.17, 15) is 14.4 Å². The quantitative estimate of drug-likeness (QED) is 0.697. The second-order valence-corrected chi connectivity index (χ2v) is 7.83. The van der Waals surface area contributed by atoms with Crippen molar-refractivity contribution >= 4 is 18.0 Å². The van der Waals surface area contributed by atoms with Gasteiger partial charge >= 0.3 is 12.1 Å². The number of hydrogen-bond acceptors (Lipinski definition) is 5. The van der Waals surface area contributed by atoms with Gasteiger partial charge in [-0.3, -0.25) is 10.2 Å². The summed E-state index contributed by atoms with van der Waals surface area (Å²) in [6.07, 6.45) is -0.0598. The maximum atomic E-state index is 12.5. The van der Waals surface area contributed by atoms with Gasteiger partial charge in [0.25, 0.3) is 5.91 Å². The van der Waals surface area contributed by atoms with Gasteiger partial charge < -0.3 is 19.3 Å². The van der Waals surface area contributed by atoms with Crippen molar-refractivity contribution in [1.82, 2.24) is 20.2 Å². The van der Waals surface area contributed by atoms with Gasteiger partial charge in [-0.15, -0.1) is 0 Å². The number of hydrazine groups is 1. The Morgan fingerprint density at radius 2 is 1.69 bits per heavy atom. The van der Waals surface area contributed by atoms with Crippen LogP contribution in [0.15, 0.2) is 0 Å². The molecule has 0 spiro atoms. The molecule has 0 saturated carbocycles. The molecule has 9 heteroatoms. The number of carbonyl (C=O) groups excluding carboxylic acids is 3. The molecule has 2 rings (SSSR count). The molecule has 26 heavy (non-hydrogen) atoms. The van der Waals surface area contributed by atoms with Crippen LogP contribution in [-0.4, -0.2) is 84.4 Å². The van der Waals surface area contributed by atoms with Crippen molar-refractivity contribution in [3.8, 4) is 0 Å². The molecule has 9 nitrogen and oxygen atoms in total. The van der Waals surface area contributed by atoms with Crippen LogP contribution in [0.25, 0.3) is 0 Å². The van der Waals surface area contributed by atoms with Crippen molar-refractivity contribution in [2.45, 2.75) is 45.8 Å². The summed E-state index contributed by atoms with van der Waals surface area (Å²) in [6.45, 7) is 9.52. The van der Waals surface area contributed by atoms with Crippen LogP contribution in [0.3, 0.4) is 0 Å². The lowest BCUT2D eigenvalue weighted by molar-refractivity contribution is -0.135. The van der Waals surface area contributed by atoms with Gasteiger partial charge in [-0.25, -0.2) is 14.6 Å². The summed E-state index contributed by atoms with van der Waals surface area (Å²) < 4.78 is 10.8. The monoisotopic (exact) mass is 370 g/mol. The zero-order valence-electron chi connectivity index (χ0n) is 16.3. The van der Waals surface area contributed by atoms with Gasteiger partial charge in [0.05, 0.1) is 0 Å². The fourth-order valence-corrected chi connectivity index (χ4v) is 2.93. The van der Waals surface area contributed by atoms with Crippen LogP contribution in [-0.2, 0) is 14.3 Å². The molecule has 2 fully saturated rings. The summed E-state index contributed by atoms with van der Waals surface area (Å²) in [7, 11) is 1.51. The Bertz CT molecular complexity index is 540. The van der Waals surface area contributed by atoms with E-state index in [4.69, 9.17) is 9.47 Å². The third-order valence-corrected chi connectivity index (χ3v) is 4.41. The van der Waals surface area contributed by atoms with Gasteiger partial charge in [0.1, 0.15) is 11.7 Å². The van der Waals surface area contributed by atoms with E-state index in [1.54, 1.807) is 9.80 Å². The van der Waals surface area contributed by atoms with Crippen molar-refractivity contribution in [3.05, 3.63) is 0 Å². The Kier molecular flexibility index (Phi) is 6.33. The van der Waals surface area contributed by atoms with Crippen molar-refractivity contribution in [3.63, 3.8) is 0 Å². The molecule has 2 aliphatic rings. The van der Waals surface area contributed by atoms with Crippen LogP contribution in [0.1, 0.15) is 34.1 Å². The zero-order chi connectivity index (χ0) is 19.5. The minimum absolute atomic E-state index is 0.135. The summed E-state index contributed by atoms with van der Waals surface area (Å²) >= 11 is 0. The van der Waals surface area contributed by atoms with Crippen LogP contribution >= 0.6 is 0 Å². The number of ether oxygens (including phenoxy) is 2. The average molecular weight is 370 g/mol. The fourth-order valence-electron chi connectivity index (χ4n) is 2.93. The summed E-state index contributed by atoms with van der Waals surface area (Å²) in [5.41, 5.74) is 2.04. The van der Waals surface area contributed by atoms with Crippen LogP contribution in [0.2, 0.25) is 0 Å². The first kappa shape index (κ1) is 20.3. The highest BCUT2D eigenvalue weighted by atomic mass is 16.6. The predicted octanol–water partition coefficient (Wildman–Crippen LogP) is 1.05. The molecule has 2 heterocycles. The molecule has 0 unspecified atom stereocenters. The minimum Gasteiger partial charge on any atom is -0.444 e. The minimum atomic E-state index is -0.548. The summed E-state index contributed by atoms with van der Waals surface area (Å²) in [5.74, 6) is -0.172. The third kappa shape index (κ3) is 5.23. The largest absolute Gasteiger partial charge is 0.444 e. The van der Waals surface area contributed by atoms with Gasteiger partial charge in [0.15, 0.2) is 0 Å². The number of amides is 4. The normalized spacial score (nSPS) is 23.6. The van der Waals surface area contributed by atoms with Crippen molar-refractivity contribution in [2.75, 3.05) is 39.8 Å². The molecule has 0 bridgehead atoms. The Morgan fingerprint density at radius 3 is 2.19 bits per heavy atom. The number of piperazine rings is 1. The molecule has 0 aromatic carbocycles. The van der Waals surface area contributed by atoms with Gasteiger partial charge in [-0.2, -0.15) is 0 Å². The van der Waals surface area contributed by atoms with E-state index in [2.05, 4.69) is 5.43 Å². The molecule has 0 radical (unpaired) electrons. The highest BCUT2D eigenvalue weighted by Crippen LogP contribution is 2.20. The smallest absolute Gasteiger partial charge is 0.410 e. The molecule has 2 aliphatic heterocycles. The standard InChI is InChI=1S/C17H30N4O5/c1-12-6-11-25-13(12)14(22)18-19(5)15(23)20-7-9-21(10-8-20)16(24)26-17(2,3)4/h12-13H,6-11H2,1-5H3,(H,18,22)/t12-,13+/m0/s1. The number of carbonyl (C=O) groups is 3. The second kappa shape index (κ2) is 8.11. The topological polar surface area (TPSA) is 91.4 Å². The van der Waals surface area contributed by atoms with E-state index in [1.807, 2.05) is 27.7 Å². The number of rotatable bonds is 1. The lowest BCUT2D eigenvalue weighted by Gasteiger charge is -2.37. The van der Waals surface area contributed by atoms with Gasteiger partial charge in [0, 0.05) is 39.8 Å². The summed E-state index contributed by atoms with van der Waals surface area (Å²) in [5, 5.41) is 1.18. The first-order chi connectivity index (χ1) is 12.1. The van der Waals surface area contributed by atoms with Crippen molar-refractivity contribution in [1.29, 1.82) is 0 Å². The summed E-state index contributed by atoms with van der Waals surface area (Å²) in [6, 6.07) is -0.312. The highest BCUT2D eigenvalue weighted by molar-refractivity contribution is 5.84. The zero-order valence-corrected chi connectivity index (χ0v) is 16.3. The highest BCUT2D eigenvalue weighted by Gasteiger charge is 2.33. The maximum Gasteiger partial charge on any atom is 0.410 e. The van der Waals surface area contributed by atoms with Crippen LogP contribution < -0.4 is 5.43 Å². The maximum absolute atomic E-state index is 12.5. The first-order valence-electron chi connectivity index (χ1n) is 9.01. The second-order valence-electron chi connectivity index (χ2n) is 7.83. The Hall–Kier alpha value is -2.03. The average Bonchev–Trinajstić information content (AvgIpc) is 2.98. The molecular weight excluding hydrogens is 340 g/mol. The van der Waals surface area contributed by atoms with Crippen LogP contribution in [0, 0.1) is 5.92 Å². The van der Waals surface area contributed by atoms with Gasteiger partial charge in [-0.05, 0) is 33.1 Å². The summed E-state index contributed by atoms with van der Waals surface area (Å²) in [4.78, 5) is 40.0. The Balaban J connectivity index is 1.80.